The summed E-state index contributed by atoms with van der Waals surface area (Å²) in [6.45, 7) is 2.13. The van der Waals surface area contributed by atoms with Crippen molar-refractivity contribution in [1.29, 1.82) is 0 Å². The summed E-state index contributed by atoms with van der Waals surface area (Å²) in [5, 5.41) is 3.71. The molecule has 1 fully saturated rings. The highest BCUT2D eigenvalue weighted by atomic mass is 35.5. The summed E-state index contributed by atoms with van der Waals surface area (Å²) >= 11 is 6.03. The highest BCUT2D eigenvalue weighted by Gasteiger charge is 2.28. The summed E-state index contributed by atoms with van der Waals surface area (Å²) in [7, 11) is -2.02. The lowest BCUT2D eigenvalue weighted by molar-refractivity contribution is -0.141. The average molecular weight is 564 g/mol. The molecule has 8 nitrogen and oxygen atoms in total. The summed E-state index contributed by atoms with van der Waals surface area (Å²) in [4.78, 5) is 28.1. The fourth-order valence-electron chi connectivity index (χ4n) is 4.69. The second kappa shape index (κ2) is 13.8. The number of ether oxygens (including phenoxy) is 1. The van der Waals surface area contributed by atoms with Crippen molar-refractivity contribution in [3.63, 3.8) is 0 Å². The maximum atomic E-state index is 13.4. The van der Waals surface area contributed by atoms with Gasteiger partial charge in [0, 0.05) is 30.6 Å². The number of carbonyl (C=O) groups excluding carboxylic acids is 2. The Morgan fingerprint density at radius 2 is 1.68 bits per heavy atom. The second-order valence-corrected chi connectivity index (χ2v) is 12.1. The minimum absolute atomic E-state index is 0.0941. The Morgan fingerprint density at radius 1 is 1.05 bits per heavy atom. The van der Waals surface area contributed by atoms with Crippen LogP contribution in [-0.2, 0) is 26.2 Å². The van der Waals surface area contributed by atoms with Gasteiger partial charge in [-0.1, -0.05) is 43.0 Å². The number of nitrogens with zero attached hydrogens (tertiary/aromatic N) is 2. The molecule has 2 aromatic carbocycles. The number of amides is 2. The highest BCUT2D eigenvalue weighted by molar-refractivity contribution is 7.92. The van der Waals surface area contributed by atoms with Gasteiger partial charge in [0.1, 0.15) is 11.8 Å². The van der Waals surface area contributed by atoms with Gasteiger partial charge in [0.15, 0.2) is 0 Å². The molecule has 0 radical (unpaired) electrons. The third-order valence-electron chi connectivity index (χ3n) is 6.90. The summed E-state index contributed by atoms with van der Waals surface area (Å²) in [5.74, 6) is 0.236. The number of hydrogen-bond donors (Lipinski definition) is 1. The Labute approximate surface area is 231 Å². The first-order valence-corrected chi connectivity index (χ1v) is 15.3. The molecular weight excluding hydrogens is 526 g/mol. The third kappa shape index (κ3) is 8.63. The minimum Gasteiger partial charge on any atom is -0.497 e. The Bertz CT molecular complexity index is 1170. The van der Waals surface area contributed by atoms with Gasteiger partial charge in [-0.3, -0.25) is 13.9 Å². The van der Waals surface area contributed by atoms with Gasteiger partial charge in [-0.05, 0) is 68.1 Å². The third-order valence-corrected chi connectivity index (χ3v) is 8.34. The lowest BCUT2D eigenvalue weighted by Gasteiger charge is -2.31. The van der Waals surface area contributed by atoms with Gasteiger partial charge in [-0.25, -0.2) is 8.42 Å². The normalized spacial score (nSPS) is 14.9. The van der Waals surface area contributed by atoms with Gasteiger partial charge >= 0.3 is 0 Å². The van der Waals surface area contributed by atoms with Crippen LogP contribution in [-0.4, -0.2) is 57.1 Å². The zero-order valence-electron chi connectivity index (χ0n) is 22.4. The lowest BCUT2D eigenvalue weighted by atomic mass is 9.95. The zero-order valence-corrected chi connectivity index (χ0v) is 23.9. The number of benzene rings is 2. The molecule has 0 aliphatic heterocycles. The predicted octanol–water partition coefficient (Wildman–Crippen LogP) is 4.76. The topological polar surface area (TPSA) is 96.0 Å². The van der Waals surface area contributed by atoms with Gasteiger partial charge in [0.25, 0.3) is 0 Å². The van der Waals surface area contributed by atoms with E-state index < -0.39 is 16.1 Å². The largest absolute Gasteiger partial charge is 0.497 e. The molecule has 1 aliphatic carbocycles. The van der Waals surface area contributed by atoms with Crippen LogP contribution in [0.5, 0.6) is 5.75 Å². The molecule has 10 heteroatoms. The summed E-state index contributed by atoms with van der Waals surface area (Å²) in [6.07, 6.45) is 6.82. The van der Waals surface area contributed by atoms with Crippen LogP contribution in [0.3, 0.4) is 0 Å². The molecule has 1 saturated carbocycles. The highest BCUT2D eigenvalue weighted by Crippen LogP contribution is 2.23. The van der Waals surface area contributed by atoms with Crippen LogP contribution in [0.1, 0.15) is 57.4 Å². The number of nitrogens with one attached hydrogen (secondary N) is 1. The van der Waals surface area contributed by atoms with Crippen molar-refractivity contribution in [3.8, 4) is 5.75 Å². The van der Waals surface area contributed by atoms with Crippen molar-refractivity contribution in [2.45, 2.75) is 70.5 Å². The predicted molar refractivity (Wildman–Crippen MR) is 151 cm³/mol. The Morgan fingerprint density at radius 3 is 2.26 bits per heavy atom. The number of halogens is 1. The fraction of sp³-hybridized carbons (Fsp3) is 0.500. The molecule has 0 saturated heterocycles. The number of rotatable bonds is 12. The van der Waals surface area contributed by atoms with E-state index in [0.717, 1.165) is 37.5 Å². The molecule has 208 valence electrons. The van der Waals surface area contributed by atoms with Gasteiger partial charge < -0.3 is 15.0 Å². The van der Waals surface area contributed by atoms with E-state index in [1.807, 2.05) is 12.1 Å². The van der Waals surface area contributed by atoms with Crippen molar-refractivity contribution < 1.29 is 22.7 Å². The van der Waals surface area contributed by atoms with E-state index in [4.69, 9.17) is 16.3 Å². The second-order valence-electron chi connectivity index (χ2n) is 9.80. The number of sulfonamides is 1. The molecule has 0 spiro atoms. The van der Waals surface area contributed by atoms with Crippen LogP contribution >= 0.6 is 11.6 Å². The van der Waals surface area contributed by atoms with Crippen molar-refractivity contribution in [1.82, 2.24) is 10.2 Å². The summed E-state index contributed by atoms with van der Waals surface area (Å²) in [5.41, 5.74) is 1.36. The van der Waals surface area contributed by atoms with Crippen LogP contribution < -0.4 is 14.4 Å². The molecule has 38 heavy (non-hydrogen) atoms. The van der Waals surface area contributed by atoms with Crippen LogP contribution in [0.2, 0.25) is 5.02 Å². The van der Waals surface area contributed by atoms with E-state index in [2.05, 4.69) is 5.32 Å². The molecule has 1 N–H and O–H groups in total. The molecule has 1 atom stereocenters. The molecule has 2 amide bonds. The van der Waals surface area contributed by atoms with Gasteiger partial charge in [-0.2, -0.15) is 0 Å². The average Bonchev–Trinajstić information content (AvgIpc) is 2.90. The zero-order chi connectivity index (χ0) is 27.7. The van der Waals surface area contributed by atoms with E-state index in [9.17, 15) is 18.0 Å². The Hall–Kier alpha value is -2.78. The molecule has 0 bridgehead atoms. The molecule has 0 unspecified atom stereocenters. The summed E-state index contributed by atoms with van der Waals surface area (Å²) in [6, 6.07) is 13.4. The molecule has 0 aromatic heterocycles. The lowest BCUT2D eigenvalue weighted by Crippen LogP contribution is -2.50. The minimum atomic E-state index is -3.56. The number of carbonyl (C=O) groups is 2. The van der Waals surface area contributed by atoms with Crippen LogP contribution in [0.25, 0.3) is 0 Å². The molecule has 2 aromatic rings. The van der Waals surface area contributed by atoms with Crippen molar-refractivity contribution in [2.75, 3.05) is 24.2 Å². The number of methoxy groups -OCH3 is 1. The fourth-order valence-corrected chi connectivity index (χ4v) is 5.78. The van der Waals surface area contributed by atoms with Gasteiger partial charge in [0.05, 0.1) is 19.1 Å². The maximum absolute atomic E-state index is 13.4. The van der Waals surface area contributed by atoms with Crippen LogP contribution in [0, 0.1) is 0 Å². The quantitative estimate of drug-likeness (QED) is 0.401. The number of anilines is 1. The smallest absolute Gasteiger partial charge is 0.242 e. The van der Waals surface area contributed by atoms with Crippen molar-refractivity contribution in [3.05, 3.63) is 59.1 Å². The van der Waals surface area contributed by atoms with Gasteiger partial charge in [-0.15, -0.1) is 0 Å². The Kier molecular flexibility index (Phi) is 10.8. The molecule has 3 rings (SSSR count). The van der Waals surface area contributed by atoms with Crippen molar-refractivity contribution in [2.24, 2.45) is 0 Å². The van der Waals surface area contributed by atoms with Gasteiger partial charge in [0.2, 0.25) is 21.8 Å². The molecular formula is C28H38ClN3O5S. The van der Waals surface area contributed by atoms with E-state index in [-0.39, 0.29) is 37.4 Å². The standard InChI is InChI=1S/C28H38ClN3O5S/c1-21(28(34)30-24-8-5-4-6-9-24)31(20-22-11-13-23(29)14-12-22)27(33)10-7-19-32(38(3,35)36)25-15-17-26(37-2)18-16-25/h11-18,21,24H,4-10,19-20H2,1-3H3,(H,30,34)/t21-/m0/s1. The first-order chi connectivity index (χ1) is 18.1. The molecule has 0 heterocycles. The van der Waals surface area contributed by atoms with Crippen molar-refractivity contribution >= 4 is 39.1 Å². The van der Waals surface area contributed by atoms with Crippen LogP contribution in [0.15, 0.2) is 48.5 Å². The Balaban J connectivity index is 1.70. The first kappa shape index (κ1) is 29.8. The van der Waals surface area contributed by atoms with E-state index in [0.29, 0.717) is 22.9 Å². The number of hydrogen-bond acceptors (Lipinski definition) is 5. The van der Waals surface area contributed by atoms with E-state index >= 15 is 0 Å². The maximum Gasteiger partial charge on any atom is 0.242 e. The molecule has 1 aliphatic rings. The first-order valence-electron chi connectivity index (χ1n) is 13.0. The summed E-state index contributed by atoms with van der Waals surface area (Å²) < 4.78 is 31.4. The van der Waals surface area contributed by atoms with E-state index in [1.165, 1.54) is 10.7 Å². The van der Waals surface area contributed by atoms with Crippen LogP contribution in [0.4, 0.5) is 5.69 Å². The monoisotopic (exact) mass is 563 g/mol. The van der Waals surface area contributed by atoms with E-state index in [1.54, 1.807) is 55.3 Å². The SMILES string of the molecule is COc1ccc(N(CCCC(=O)N(Cc2ccc(Cl)cc2)[C@@H](C)C(=O)NC2CCCCC2)S(C)(=O)=O)cc1.